The van der Waals surface area contributed by atoms with Gasteiger partial charge in [-0.2, -0.15) is 0 Å². The quantitative estimate of drug-likeness (QED) is 0.837. The Kier molecular flexibility index (Phi) is 4.91. The molecular formula is C16H20N2. The molecule has 0 saturated carbocycles. The van der Waals surface area contributed by atoms with E-state index in [9.17, 15) is 0 Å². The third kappa shape index (κ3) is 3.67. The van der Waals surface area contributed by atoms with Gasteiger partial charge < -0.3 is 5.32 Å². The van der Waals surface area contributed by atoms with E-state index in [1.165, 1.54) is 11.1 Å². The summed E-state index contributed by atoms with van der Waals surface area (Å²) in [5.74, 6) is 0. The number of aromatic nitrogens is 1. The van der Waals surface area contributed by atoms with E-state index in [2.05, 4.69) is 53.6 Å². The molecular weight excluding hydrogens is 220 g/mol. The Morgan fingerprint density at radius 2 is 1.94 bits per heavy atom. The van der Waals surface area contributed by atoms with Crippen LogP contribution in [0.15, 0.2) is 54.9 Å². The van der Waals surface area contributed by atoms with Gasteiger partial charge in [-0.15, -0.1) is 0 Å². The lowest BCUT2D eigenvalue weighted by Crippen LogP contribution is -2.21. The van der Waals surface area contributed by atoms with E-state index in [1.54, 1.807) is 0 Å². The number of rotatable bonds is 6. The second-order valence-corrected chi connectivity index (χ2v) is 4.42. The summed E-state index contributed by atoms with van der Waals surface area (Å²) in [7, 11) is 0. The third-order valence-electron chi connectivity index (χ3n) is 3.10. The zero-order chi connectivity index (χ0) is 12.6. The van der Waals surface area contributed by atoms with Crippen LogP contribution in [0.5, 0.6) is 0 Å². The molecule has 1 unspecified atom stereocenters. The van der Waals surface area contributed by atoms with Gasteiger partial charge in [0.1, 0.15) is 0 Å². The summed E-state index contributed by atoms with van der Waals surface area (Å²) in [6.45, 7) is 3.13. The zero-order valence-corrected chi connectivity index (χ0v) is 10.8. The molecule has 0 spiro atoms. The Morgan fingerprint density at radius 1 is 1.11 bits per heavy atom. The van der Waals surface area contributed by atoms with Crippen molar-refractivity contribution in [2.75, 3.05) is 6.54 Å². The van der Waals surface area contributed by atoms with Gasteiger partial charge in [-0.3, -0.25) is 4.98 Å². The third-order valence-corrected chi connectivity index (χ3v) is 3.10. The second-order valence-electron chi connectivity index (χ2n) is 4.42. The zero-order valence-electron chi connectivity index (χ0n) is 10.8. The predicted octanol–water partition coefficient (Wildman–Crippen LogP) is 3.37. The van der Waals surface area contributed by atoms with Crippen LogP contribution in [-0.4, -0.2) is 11.5 Å². The van der Waals surface area contributed by atoms with Crippen LogP contribution in [0.1, 0.15) is 30.5 Å². The van der Waals surface area contributed by atoms with Gasteiger partial charge in [0.15, 0.2) is 0 Å². The number of nitrogens with one attached hydrogen (secondary N) is 1. The number of benzene rings is 1. The van der Waals surface area contributed by atoms with Crippen LogP contribution in [0.2, 0.25) is 0 Å². The highest BCUT2D eigenvalue weighted by molar-refractivity contribution is 5.17. The summed E-state index contributed by atoms with van der Waals surface area (Å²) >= 11 is 0. The minimum atomic E-state index is 0.393. The Hall–Kier alpha value is -1.67. The van der Waals surface area contributed by atoms with Crippen LogP contribution >= 0.6 is 0 Å². The van der Waals surface area contributed by atoms with Crippen LogP contribution in [-0.2, 0) is 6.42 Å². The van der Waals surface area contributed by atoms with Gasteiger partial charge in [-0.25, -0.2) is 0 Å². The molecule has 1 aromatic carbocycles. The molecule has 1 aromatic heterocycles. The van der Waals surface area contributed by atoms with Gasteiger partial charge in [-0.1, -0.05) is 43.3 Å². The lowest BCUT2D eigenvalue weighted by Gasteiger charge is -2.17. The Balaban J connectivity index is 1.99. The maximum atomic E-state index is 4.20. The maximum absolute atomic E-state index is 4.20. The molecule has 0 amide bonds. The van der Waals surface area contributed by atoms with Crippen molar-refractivity contribution in [3.8, 4) is 0 Å². The predicted molar refractivity (Wildman–Crippen MR) is 75.4 cm³/mol. The second kappa shape index (κ2) is 6.92. The molecule has 0 fully saturated rings. The average molecular weight is 240 g/mol. The summed E-state index contributed by atoms with van der Waals surface area (Å²) in [5.41, 5.74) is 2.67. The lowest BCUT2D eigenvalue weighted by atomic mass is 10.0. The summed E-state index contributed by atoms with van der Waals surface area (Å²) < 4.78 is 0. The van der Waals surface area contributed by atoms with Gasteiger partial charge in [-0.05, 0) is 36.6 Å². The monoisotopic (exact) mass is 240 g/mol. The topological polar surface area (TPSA) is 24.9 Å². The van der Waals surface area contributed by atoms with E-state index in [0.717, 1.165) is 19.4 Å². The molecule has 2 heteroatoms. The molecule has 2 rings (SSSR count). The van der Waals surface area contributed by atoms with Crippen LogP contribution in [0.3, 0.4) is 0 Å². The minimum absolute atomic E-state index is 0.393. The fraction of sp³-hybridized carbons (Fsp3) is 0.312. The highest BCUT2D eigenvalue weighted by Crippen LogP contribution is 2.18. The first-order chi connectivity index (χ1) is 8.90. The fourth-order valence-electron chi connectivity index (χ4n) is 2.17. The maximum Gasteiger partial charge on any atom is 0.0338 e. The van der Waals surface area contributed by atoms with Crippen molar-refractivity contribution in [3.63, 3.8) is 0 Å². The van der Waals surface area contributed by atoms with E-state index >= 15 is 0 Å². The standard InChI is InChI=1S/C16H20N2/c1-2-18-16(15-9-6-12-17-13-15)11-10-14-7-4-3-5-8-14/h3-9,12-13,16,18H,2,10-11H2,1H3. The van der Waals surface area contributed by atoms with Gasteiger partial charge in [0.05, 0.1) is 0 Å². The SMILES string of the molecule is CCNC(CCc1ccccc1)c1cccnc1. The molecule has 0 bridgehead atoms. The van der Waals surface area contributed by atoms with Crippen LogP contribution in [0, 0.1) is 0 Å². The number of nitrogens with zero attached hydrogens (tertiary/aromatic N) is 1. The molecule has 18 heavy (non-hydrogen) atoms. The van der Waals surface area contributed by atoms with Gasteiger partial charge in [0.2, 0.25) is 0 Å². The van der Waals surface area contributed by atoms with E-state index in [1.807, 2.05) is 18.5 Å². The van der Waals surface area contributed by atoms with E-state index in [0.29, 0.717) is 6.04 Å². The van der Waals surface area contributed by atoms with Crippen molar-refractivity contribution >= 4 is 0 Å². The number of aryl methyl sites for hydroxylation is 1. The molecule has 2 aromatic rings. The Bertz CT molecular complexity index is 439. The number of pyridine rings is 1. The van der Waals surface area contributed by atoms with Gasteiger partial charge in [0.25, 0.3) is 0 Å². The van der Waals surface area contributed by atoms with Crippen molar-refractivity contribution in [2.45, 2.75) is 25.8 Å². The number of hydrogen-bond donors (Lipinski definition) is 1. The van der Waals surface area contributed by atoms with Crippen LogP contribution < -0.4 is 5.32 Å². The minimum Gasteiger partial charge on any atom is -0.310 e. The first-order valence-electron chi connectivity index (χ1n) is 6.57. The molecule has 0 aliphatic heterocycles. The Morgan fingerprint density at radius 3 is 2.61 bits per heavy atom. The number of hydrogen-bond acceptors (Lipinski definition) is 2. The highest BCUT2D eigenvalue weighted by atomic mass is 14.9. The molecule has 0 aliphatic rings. The average Bonchev–Trinajstić information content (AvgIpc) is 2.45. The van der Waals surface area contributed by atoms with Crippen molar-refractivity contribution in [1.29, 1.82) is 0 Å². The first-order valence-corrected chi connectivity index (χ1v) is 6.57. The summed E-state index contributed by atoms with van der Waals surface area (Å²) in [4.78, 5) is 4.20. The largest absolute Gasteiger partial charge is 0.310 e. The summed E-state index contributed by atoms with van der Waals surface area (Å²) in [6, 6.07) is 15.2. The molecule has 2 nitrogen and oxygen atoms in total. The van der Waals surface area contributed by atoms with Crippen molar-refractivity contribution in [3.05, 3.63) is 66.0 Å². The van der Waals surface area contributed by atoms with E-state index < -0.39 is 0 Å². The molecule has 94 valence electrons. The van der Waals surface area contributed by atoms with Crippen molar-refractivity contribution in [2.24, 2.45) is 0 Å². The molecule has 1 atom stereocenters. The lowest BCUT2D eigenvalue weighted by molar-refractivity contribution is 0.514. The molecule has 1 N–H and O–H groups in total. The highest BCUT2D eigenvalue weighted by Gasteiger charge is 2.09. The molecule has 1 heterocycles. The van der Waals surface area contributed by atoms with Gasteiger partial charge in [0, 0.05) is 18.4 Å². The smallest absolute Gasteiger partial charge is 0.0338 e. The summed E-state index contributed by atoms with van der Waals surface area (Å²) in [6.07, 6.45) is 5.97. The van der Waals surface area contributed by atoms with Crippen molar-refractivity contribution in [1.82, 2.24) is 10.3 Å². The molecule has 0 aliphatic carbocycles. The van der Waals surface area contributed by atoms with Gasteiger partial charge >= 0.3 is 0 Å². The van der Waals surface area contributed by atoms with Crippen LogP contribution in [0.4, 0.5) is 0 Å². The fourth-order valence-corrected chi connectivity index (χ4v) is 2.17. The molecule has 0 radical (unpaired) electrons. The van der Waals surface area contributed by atoms with Crippen LogP contribution in [0.25, 0.3) is 0 Å². The first kappa shape index (κ1) is 12.8. The normalized spacial score (nSPS) is 12.3. The molecule has 0 saturated heterocycles. The summed E-state index contributed by atoms with van der Waals surface area (Å²) in [5, 5.41) is 3.53. The Labute approximate surface area is 109 Å². The van der Waals surface area contributed by atoms with E-state index in [-0.39, 0.29) is 0 Å². The van der Waals surface area contributed by atoms with E-state index in [4.69, 9.17) is 0 Å². The van der Waals surface area contributed by atoms with Crippen molar-refractivity contribution < 1.29 is 0 Å².